The van der Waals surface area contributed by atoms with Gasteiger partial charge in [-0.1, -0.05) is 6.07 Å². The highest BCUT2D eigenvalue weighted by Gasteiger charge is 2.09. The number of aromatic nitrogens is 1. The molecule has 0 radical (unpaired) electrons. The first kappa shape index (κ1) is 15.9. The summed E-state index contributed by atoms with van der Waals surface area (Å²) in [7, 11) is 1.57. The maximum atomic E-state index is 12.1. The van der Waals surface area contributed by atoms with Gasteiger partial charge in [0.15, 0.2) is 29.6 Å². The fourth-order valence-corrected chi connectivity index (χ4v) is 2.35. The Kier molecular flexibility index (Phi) is 4.37. The van der Waals surface area contributed by atoms with Crippen molar-refractivity contribution in [3.8, 4) is 11.5 Å². The summed E-state index contributed by atoms with van der Waals surface area (Å²) in [5.41, 5.74) is 3.08. The molecule has 2 aromatic carbocycles. The summed E-state index contributed by atoms with van der Waals surface area (Å²) in [4.78, 5) is 16.3. The molecule has 24 heavy (non-hydrogen) atoms. The molecule has 1 N–H and O–H groups in total. The zero-order valence-corrected chi connectivity index (χ0v) is 13.8. The number of fused-ring (bicyclic) bond motifs is 1. The number of carbonyl (C=O) groups is 1. The highest BCUT2D eigenvalue weighted by Crippen LogP contribution is 2.27. The molecule has 0 spiro atoms. The molecule has 0 unspecified atom stereocenters. The summed E-state index contributed by atoms with van der Waals surface area (Å²) in [6, 6.07) is 10.8. The lowest BCUT2D eigenvalue weighted by Crippen LogP contribution is -2.20. The first-order valence-corrected chi connectivity index (χ1v) is 7.49. The molecular formula is C18H18N2O4. The molecular weight excluding hydrogens is 308 g/mol. The van der Waals surface area contributed by atoms with Crippen LogP contribution in [0.4, 0.5) is 5.69 Å². The normalized spacial score (nSPS) is 10.6. The molecule has 0 aliphatic heterocycles. The molecule has 6 nitrogen and oxygen atoms in total. The average Bonchev–Trinajstić information content (AvgIpc) is 2.92. The van der Waals surface area contributed by atoms with E-state index in [2.05, 4.69) is 10.3 Å². The van der Waals surface area contributed by atoms with Crippen LogP contribution in [0.15, 0.2) is 40.8 Å². The van der Waals surface area contributed by atoms with Gasteiger partial charge in [-0.3, -0.25) is 4.79 Å². The summed E-state index contributed by atoms with van der Waals surface area (Å²) in [5.74, 6) is 1.45. The van der Waals surface area contributed by atoms with Crippen LogP contribution in [0.5, 0.6) is 11.5 Å². The lowest BCUT2D eigenvalue weighted by molar-refractivity contribution is -0.118. The summed E-state index contributed by atoms with van der Waals surface area (Å²) in [5, 5.41) is 2.78. The number of nitrogens with zero attached hydrogens (tertiary/aromatic N) is 1. The van der Waals surface area contributed by atoms with Crippen molar-refractivity contribution in [2.75, 3.05) is 19.0 Å². The van der Waals surface area contributed by atoms with E-state index in [0.717, 1.165) is 5.56 Å². The van der Waals surface area contributed by atoms with Crippen molar-refractivity contribution in [2.45, 2.75) is 13.8 Å². The number of methoxy groups -OCH3 is 1. The Morgan fingerprint density at radius 1 is 1.17 bits per heavy atom. The highest BCUT2D eigenvalue weighted by atomic mass is 16.5. The summed E-state index contributed by atoms with van der Waals surface area (Å²) in [6.07, 6.45) is 0. The topological polar surface area (TPSA) is 73.6 Å². The number of aryl methyl sites for hydroxylation is 2. The van der Waals surface area contributed by atoms with Gasteiger partial charge in [0.2, 0.25) is 0 Å². The standard InChI is InChI=1S/C18H18N2O4/c1-11-4-6-16(17(8-11)22-3)23-10-18(21)20-13-5-7-15-14(9-13)19-12(2)24-15/h4-9H,10H2,1-3H3,(H,20,21). The van der Waals surface area contributed by atoms with Gasteiger partial charge < -0.3 is 19.2 Å². The Morgan fingerprint density at radius 2 is 2.00 bits per heavy atom. The molecule has 3 rings (SSSR count). The maximum Gasteiger partial charge on any atom is 0.262 e. The van der Waals surface area contributed by atoms with Gasteiger partial charge >= 0.3 is 0 Å². The molecule has 6 heteroatoms. The summed E-state index contributed by atoms with van der Waals surface area (Å²) < 4.78 is 16.2. The van der Waals surface area contributed by atoms with E-state index < -0.39 is 0 Å². The largest absolute Gasteiger partial charge is 0.493 e. The molecule has 3 aromatic rings. The number of benzene rings is 2. The number of oxazole rings is 1. The minimum absolute atomic E-state index is 0.116. The van der Waals surface area contributed by atoms with Gasteiger partial charge in [-0.15, -0.1) is 0 Å². The molecule has 0 aliphatic carbocycles. The second kappa shape index (κ2) is 6.62. The Labute approximate surface area is 139 Å². The van der Waals surface area contributed by atoms with Crippen LogP contribution in [0, 0.1) is 13.8 Å². The van der Waals surface area contributed by atoms with E-state index in [9.17, 15) is 4.79 Å². The maximum absolute atomic E-state index is 12.1. The Morgan fingerprint density at radius 3 is 2.79 bits per heavy atom. The quantitative estimate of drug-likeness (QED) is 0.777. The van der Waals surface area contributed by atoms with Crippen LogP contribution >= 0.6 is 0 Å². The van der Waals surface area contributed by atoms with Crippen LogP contribution in [0.3, 0.4) is 0 Å². The van der Waals surface area contributed by atoms with Crippen molar-refractivity contribution in [3.63, 3.8) is 0 Å². The van der Waals surface area contributed by atoms with Gasteiger partial charge in [0.1, 0.15) is 5.52 Å². The fraction of sp³-hybridized carbons (Fsp3) is 0.222. The van der Waals surface area contributed by atoms with E-state index in [1.807, 2.05) is 19.1 Å². The molecule has 0 atom stereocenters. The third kappa shape index (κ3) is 3.48. The molecule has 1 heterocycles. The van der Waals surface area contributed by atoms with Crippen molar-refractivity contribution >= 4 is 22.7 Å². The SMILES string of the molecule is COc1cc(C)ccc1OCC(=O)Nc1ccc2oc(C)nc2c1. The number of hydrogen-bond donors (Lipinski definition) is 1. The van der Waals surface area contributed by atoms with Gasteiger partial charge in [-0.05, 0) is 42.8 Å². The van der Waals surface area contributed by atoms with E-state index >= 15 is 0 Å². The predicted octanol–water partition coefficient (Wildman–Crippen LogP) is 3.47. The average molecular weight is 326 g/mol. The highest BCUT2D eigenvalue weighted by molar-refractivity contribution is 5.93. The lowest BCUT2D eigenvalue weighted by Gasteiger charge is -2.11. The van der Waals surface area contributed by atoms with Crippen LogP contribution in [0.25, 0.3) is 11.1 Å². The van der Waals surface area contributed by atoms with Gasteiger partial charge in [0.05, 0.1) is 7.11 Å². The number of amides is 1. The molecule has 0 saturated heterocycles. The number of anilines is 1. The number of rotatable bonds is 5. The van der Waals surface area contributed by atoms with E-state index in [4.69, 9.17) is 13.9 Å². The van der Waals surface area contributed by atoms with Gasteiger partial charge in [0, 0.05) is 12.6 Å². The number of carbonyl (C=O) groups excluding carboxylic acids is 1. The molecule has 0 bridgehead atoms. The lowest BCUT2D eigenvalue weighted by atomic mass is 10.2. The van der Waals surface area contributed by atoms with Crippen molar-refractivity contribution in [1.82, 2.24) is 4.98 Å². The minimum atomic E-state index is -0.266. The van der Waals surface area contributed by atoms with Crippen LogP contribution in [-0.4, -0.2) is 24.6 Å². The molecule has 1 aromatic heterocycles. The van der Waals surface area contributed by atoms with Crippen molar-refractivity contribution in [1.29, 1.82) is 0 Å². The van der Waals surface area contributed by atoms with E-state index in [-0.39, 0.29) is 12.5 Å². The second-order valence-electron chi connectivity index (χ2n) is 5.41. The first-order chi connectivity index (χ1) is 11.5. The van der Waals surface area contributed by atoms with Crippen LogP contribution in [-0.2, 0) is 4.79 Å². The summed E-state index contributed by atoms with van der Waals surface area (Å²) >= 11 is 0. The van der Waals surface area contributed by atoms with Gasteiger partial charge in [0.25, 0.3) is 5.91 Å². The van der Waals surface area contributed by atoms with E-state index in [1.165, 1.54) is 0 Å². The van der Waals surface area contributed by atoms with Crippen LogP contribution < -0.4 is 14.8 Å². The van der Waals surface area contributed by atoms with Gasteiger partial charge in [-0.25, -0.2) is 4.98 Å². The summed E-state index contributed by atoms with van der Waals surface area (Å²) in [6.45, 7) is 3.62. The van der Waals surface area contributed by atoms with E-state index in [1.54, 1.807) is 38.3 Å². The zero-order valence-electron chi connectivity index (χ0n) is 13.8. The molecule has 1 amide bonds. The first-order valence-electron chi connectivity index (χ1n) is 7.49. The van der Waals surface area contributed by atoms with E-state index in [0.29, 0.717) is 34.2 Å². The molecule has 124 valence electrons. The smallest absolute Gasteiger partial charge is 0.262 e. The van der Waals surface area contributed by atoms with Crippen molar-refractivity contribution in [3.05, 3.63) is 47.9 Å². The second-order valence-corrected chi connectivity index (χ2v) is 5.41. The zero-order chi connectivity index (χ0) is 17.1. The number of hydrogen-bond acceptors (Lipinski definition) is 5. The molecule has 0 fully saturated rings. The molecule has 0 aliphatic rings. The monoisotopic (exact) mass is 326 g/mol. The third-order valence-corrected chi connectivity index (χ3v) is 3.46. The Hall–Kier alpha value is -3.02. The van der Waals surface area contributed by atoms with Crippen molar-refractivity contribution < 1.29 is 18.7 Å². The fourth-order valence-electron chi connectivity index (χ4n) is 2.35. The third-order valence-electron chi connectivity index (χ3n) is 3.46. The van der Waals surface area contributed by atoms with Gasteiger partial charge in [-0.2, -0.15) is 0 Å². The van der Waals surface area contributed by atoms with Crippen molar-refractivity contribution in [2.24, 2.45) is 0 Å². The minimum Gasteiger partial charge on any atom is -0.493 e. The number of nitrogens with one attached hydrogen (secondary N) is 1. The Balaban J connectivity index is 1.64. The predicted molar refractivity (Wildman–Crippen MR) is 90.6 cm³/mol. The molecule has 0 saturated carbocycles. The Bertz CT molecular complexity index is 886. The number of ether oxygens (including phenoxy) is 2. The van der Waals surface area contributed by atoms with Crippen LogP contribution in [0.1, 0.15) is 11.5 Å². The van der Waals surface area contributed by atoms with Crippen LogP contribution in [0.2, 0.25) is 0 Å².